The monoisotopic (exact) mass is 375 g/mol. The Labute approximate surface area is 143 Å². The maximum Gasteiger partial charge on any atom is 0.453 e. The first kappa shape index (κ1) is 17.2. The van der Waals surface area contributed by atoms with Crippen LogP contribution in [-0.4, -0.2) is 32.8 Å². The molecule has 8 nitrogen and oxygen atoms in total. The molecule has 0 aliphatic carbocycles. The first-order valence-electron chi connectivity index (χ1n) is 6.90. The smallest absolute Gasteiger partial charge is 0.453 e. The average molecular weight is 375 g/mol. The second-order valence-electron chi connectivity index (χ2n) is 4.99. The zero-order valence-electron chi connectivity index (χ0n) is 12.7. The zero-order valence-corrected chi connectivity index (χ0v) is 13.5. The lowest BCUT2D eigenvalue weighted by molar-refractivity contribution is -0.146. The molecule has 1 amide bonds. The molecule has 1 atom stereocenters. The number of carbonyl (C=O) groups is 1. The van der Waals surface area contributed by atoms with Crippen molar-refractivity contribution in [2.45, 2.75) is 23.5 Å². The zero-order chi connectivity index (χ0) is 18.2. The van der Waals surface area contributed by atoms with Gasteiger partial charge in [-0.2, -0.15) is 13.2 Å². The fraction of sp³-hybridized carbons (Fsp3) is 0.308. The Morgan fingerprint density at radius 1 is 1.36 bits per heavy atom. The number of anilines is 1. The van der Waals surface area contributed by atoms with E-state index >= 15 is 0 Å². The van der Waals surface area contributed by atoms with E-state index in [0.717, 1.165) is 11.8 Å². The normalized spacial score (nSPS) is 14.4. The van der Waals surface area contributed by atoms with Gasteiger partial charge < -0.3 is 20.6 Å². The van der Waals surface area contributed by atoms with Crippen molar-refractivity contribution >= 4 is 23.4 Å². The van der Waals surface area contributed by atoms with Crippen LogP contribution >= 0.6 is 11.8 Å². The summed E-state index contributed by atoms with van der Waals surface area (Å²) in [4.78, 5) is 12.2. The van der Waals surface area contributed by atoms with Crippen LogP contribution < -0.4 is 20.6 Å². The summed E-state index contributed by atoms with van der Waals surface area (Å²) in [7, 11) is 0. The van der Waals surface area contributed by atoms with Crippen LogP contribution in [0.4, 0.5) is 18.9 Å². The van der Waals surface area contributed by atoms with E-state index in [4.69, 9.17) is 15.3 Å². The van der Waals surface area contributed by atoms with E-state index in [2.05, 4.69) is 15.5 Å². The lowest BCUT2D eigenvalue weighted by atomic mass is 10.2. The van der Waals surface area contributed by atoms with Crippen LogP contribution in [0.5, 0.6) is 11.5 Å². The lowest BCUT2D eigenvalue weighted by Crippen LogP contribution is -2.25. The number of hydrogen-bond acceptors (Lipinski definition) is 7. The van der Waals surface area contributed by atoms with Crippen molar-refractivity contribution in [2.24, 2.45) is 0 Å². The minimum absolute atomic E-state index is 0.104. The van der Waals surface area contributed by atoms with Gasteiger partial charge in [0.2, 0.25) is 17.9 Å². The molecule has 25 heavy (non-hydrogen) atoms. The van der Waals surface area contributed by atoms with Crippen molar-refractivity contribution in [3.63, 3.8) is 0 Å². The lowest BCUT2D eigenvalue weighted by Gasteiger charge is -2.12. The Kier molecular flexibility index (Phi) is 4.37. The number of rotatable bonds is 4. The molecule has 134 valence electrons. The van der Waals surface area contributed by atoms with Crippen molar-refractivity contribution in [1.29, 1.82) is 0 Å². The van der Waals surface area contributed by atoms with E-state index in [1.165, 1.54) is 6.92 Å². The van der Waals surface area contributed by atoms with Crippen LogP contribution in [0.2, 0.25) is 0 Å². The van der Waals surface area contributed by atoms with Gasteiger partial charge >= 0.3 is 6.18 Å². The van der Waals surface area contributed by atoms with Crippen molar-refractivity contribution in [3.8, 4) is 11.5 Å². The van der Waals surface area contributed by atoms with E-state index in [-0.39, 0.29) is 11.9 Å². The predicted octanol–water partition coefficient (Wildman–Crippen LogP) is 1.86. The highest BCUT2D eigenvalue weighted by Gasteiger charge is 2.38. The summed E-state index contributed by atoms with van der Waals surface area (Å²) in [6.07, 6.45) is -4.72. The van der Waals surface area contributed by atoms with E-state index in [1.807, 2.05) is 0 Å². The number of nitrogen functional groups attached to an aromatic ring is 1. The fourth-order valence-corrected chi connectivity index (χ4v) is 2.75. The molecule has 0 unspecified atom stereocenters. The molecule has 1 aliphatic heterocycles. The Morgan fingerprint density at radius 2 is 2.08 bits per heavy atom. The summed E-state index contributed by atoms with van der Waals surface area (Å²) >= 11 is 0.756. The van der Waals surface area contributed by atoms with Crippen LogP contribution in [0, 0.1) is 0 Å². The van der Waals surface area contributed by atoms with Crippen molar-refractivity contribution in [2.75, 3.05) is 18.0 Å². The maximum atomic E-state index is 12.6. The predicted molar refractivity (Wildman–Crippen MR) is 81.7 cm³/mol. The molecule has 2 heterocycles. The van der Waals surface area contributed by atoms with Gasteiger partial charge in [0.05, 0.1) is 5.25 Å². The number of halogens is 3. The summed E-state index contributed by atoms with van der Waals surface area (Å²) in [6.45, 7) is 1.61. The summed E-state index contributed by atoms with van der Waals surface area (Å²) in [5, 5.41) is 8.02. The average Bonchev–Trinajstić information content (AvgIpc) is 3.13. The van der Waals surface area contributed by atoms with Crippen molar-refractivity contribution in [3.05, 3.63) is 24.0 Å². The molecular formula is C13H12F3N5O3S. The maximum absolute atomic E-state index is 12.6. The summed E-state index contributed by atoms with van der Waals surface area (Å²) < 4.78 is 48.6. The number of amides is 1. The SMILES string of the molecule is C[C@@H](Sc1nnc(C(F)(F)F)n1N)C(=O)Nc1ccc2c(c1)OCO2. The highest BCUT2D eigenvalue weighted by Crippen LogP contribution is 2.35. The van der Waals surface area contributed by atoms with Crippen LogP contribution in [-0.2, 0) is 11.0 Å². The first-order chi connectivity index (χ1) is 11.8. The van der Waals surface area contributed by atoms with Gasteiger partial charge in [-0.3, -0.25) is 4.79 Å². The standard InChI is InChI=1S/C13H12F3N5O3S/c1-6(25-12-20-19-11(21(12)17)13(14,15)16)10(22)18-7-2-3-8-9(4-7)24-5-23-8/h2-4,6H,5,17H2,1H3,(H,18,22)/t6-/m1/s1. The third-order valence-corrected chi connectivity index (χ3v) is 4.27. The number of hydrogen-bond donors (Lipinski definition) is 2. The van der Waals surface area contributed by atoms with E-state index in [9.17, 15) is 18.0 Å². The largest absolute Gasteiger partial charge is 0.454 e. The number of nitrogens with zero attached hydrogens (tertiary/aromatic N) is 3. The number of nitrogens with one attached hydrogen (secondary N) is 1. The van der Waals surface area contributed by atoms with E-state index < -0.39 is 23.2 Å². The minimum atomic E-state index is -4.72. The number of ether oxygens (including phenoxy) is 2. The molecule has 2 aromatic rings. The van der Waals surface area contributed by atoms with Gasteiger partial charge in [0, 0.05) is 11.8 Å². The molecule has 0 bridgehead atoms. The van der Waals surface area contributed by atoms with Crippen LogP contribution in [0.15, 0.2) is 23.4 Å². The van der Waals surface area contributed by atoms with Gasteiger partial charge in [-0.25, -0.2) is 4.68 Å². The molecule has 0 radical (unpaired) electrons. The minimum Gasteiger partial charge on any atom is -0.454 e. The van der Waals surface area contributed by atoms with Crippen LogP contribution in [0.1, 0.15) is 12.7 Å². The highest BCUT2D eigenvalue weighted by molar-refractivity contribution is 8.00. The number of thioether (sulfide) groups is 1. The van der Waals surface area contributed by atoms with Gasteiger partial charge in [-0.1, -0.05) is 11.8 Å². The fourth-order valence-electron chi connectivity index (χ4n) is 1.98. The van der Waals surface area contributed by atoms with E-state index in [1.54, 1.807) is 18.2 Å². The second-order valence-corrected chi connectivity index (χ2v) is 6.30. The van der Waals surface area contributed by atoms with Crippen LogP contribution in [0.3, 0.4) is 0 Å². The number of alkyl halides is 3. The molecule has 3 N–H and O–H groups in total. The quantitative estimate of drug-likeness (QED) is 0.621. The van der Waals surface area contributed by atoms with Crippen molar-refractivity contribution in [1.82, 2.24) is 14.9 Å². The van der Waals surface area contributed by atoms with Gasteiger partial charge in [0.15, 0.2) is 11.5 Å². The summed E-state index contributed by atoms with van der Waals surface area (Å²) in [5.41, 5.74) is 0.465. The topological polar surface area (TPSA) is 104 Å². The van der Waals surface area contributed by atoms with Gasteiger partial charge in [-0.15, -0.1) is 10.2 Å². The Morgan fingerprint density at radius 3 is 2.76 bits per heavy atom. The Hall–Kier alpha value is -2.63. The second kappa shape index (κ2) is 6.35. The molecule has 1 aliphatic rings. The summed E-state index contributed by atoms with van der Waals surface area (Å²) in [5.74, 6) is 4.62. The number of nitrogens with two attached hydrogens (primary N) is 1. The number of carbonyl (C=O) groups excluding carboxylic acids is 1. The summed E-state index contributed by atoms with van der Waals surface area (Å²) in [6, 6.07) is 4.85. The molecule has 0 fully saturated rings. The van der Waals surface area contributed by atoms with Crippen molar-refractivity contribution < 1.29 is 27.4 Å². The van der Waals surface area contributed by atoms with Gasteiger partial charge in [0.1, 0.15) is 0 Å². The first-order valence-corrected chi connectivity index (χ1v) is 7.78. The number of fused-ring (bicyclic) bond motifs is 1. The highest BCUT2D eigenvalue weighted by atomic mass is 32.2. The van der Waals surface area contributed by atoms with Gasteiger partial charge in [0.25, 0.3) is 5.82 Å². The van der Waals surface area contributed by atoms with E-state index in [0.29, 0.717) is 21.9 Å². The molecule has 1 aromatic carbocycles. The molecule has 0 spiro atoms. The number of benzene rings is 1. The molecule has 0 saturated carbocycles. The van der Waals surface area contributed by atoms with Crippen LogP contribution in [0.25, 0.3) is 0 Å². The molecule has 1 aromatic heterocycles. The number of aromatic nitrogens is 3. The molecular weight excluding hydrogens is 363 g/mol. The molecule has 0 saturated heterocycles. The Bertz CT molecular complexity index is 811. The third kappa shape index (κ3) is 3.57. The molecule has 3 rings (SSSR count). The molecule has 12 heteroatoms. The third-order valence-electron chi connectivity index (χ3n) is 3.21. The van der Waals surface area contributed by atoms with Gasteiger partial charge in [-0.05, 0) is 19.1 Å². The Balaban J connectivity index is 1.66.